The van der Waals surface area contributed by atoms with Gasteiger partial charge < -0.3 is 13.6 Å². The zero-order valence-electron chi connectivity index (χ0n) is 23.7. The molecule has 0 amide bonds. The van der Waals surface area contributed by atoms with Crippen LogP contribution in [-0.4, -0.2) is 9.13 Å². The smallest absolute Gasteiger partial charge is 0.188 e. The molecule has 0 radical (unpaired) electrons. The van der Waals surface area contributed by atoms with E-state index >= 15 is 0 Å². The van der Waals surface area contributed by atoms with Crippen LogP contribution in [0.2, 0.25) is 0 Å². The van der Waals surface area contributed by atoms with E-state index in [0.29, 0.717) is 16.8 Å². The Kier molecular flexibility index (Phi) is 4.89. The van der Waals surface area contributed by atoms with Gasteiger partial charge in [0.1, 0.15) is 11.7 Å². The molecule has 0 aliphatic carbocycles. The van der Waals surface area contributed by atoms with Crippen molar-refractivity contribution in [1.29, 1.82) is 5.26 Å². The van der Waals surface area contributed by atoms with E-state index in [9.17, 15) is 5.26 Å². The number of benzene rings is 6. The molecule has 0 aliphatic rings. The lowest BCUT2D eigenvalue weighted by molar-refractivity contribution is 0.667. The van der Waals surface area contributed by atoms with Crippen LogP contribution in [0.25, 0.3) is 81.8 Å². The van der Waals surface area contributed by atoms with Gasteiger partial charge in [-0.1, -0.05) is 54.1 Å². The lowest BCUT2D eigenvalue weighted by Gasteiger charge is -2.10. The molecular weight excluding hydrogens is 540 g/mol. The fourth-order valence-corrected chi connectivity index (χ4v) is 6.88. The highest BCUT2D eigenvalue weighted by Crippen LogP contribution is 2.40. The molecule has 9 aromatic rings. The molecule has 0 atom stereocenters. The molecule has 0 saturated heterocycles. The van der Waals surface area contributed by atoms with Crippen LogP contribution < -0.4 is 0 Å². The largest absolute Gasteiger partial charge is 0.455 e. The molecule has 0 aliphatic heterocycles. The topological polar surface area (TPSA) is 51.1 Å². The monoisotopic (exact) mass is 562 g/mol. The van der Waals surface area contributed by atoms with Crippen molar-refractivity contribution in [2.24, 2.45) is 0 Å². The van der Waals surface area contributed by atoms with Crippen molar-refractivity contribution in [3.8, 4) is 17.4 Å². The second-order valence-corrected chi connectivity index (χ2v) is 11.3. The van der Waals surface area contributed by atoms with Crippen molar-refractivity contribution in [1.82, 2.24) is 9.13 Å². The maximum Gasteiger partial charge on any atom is 0.188 e. The maximum absolute atomic E-state index is 10.3. The van der Waals surface area contributed by atoms with E-state index in [1.54, 1.807) is 0 Å². The van der Waals surface area contributed by atoms with Crippen LogP contribution in [0.4, 0.5) is 5.69 Å². The van der Waals surface area contributed by atoms with Crippen LogP contribution in [0.15, 0.2) is 120 Å². The van der Waals surface area contributed by atoms with Gasteiger partial charge in [-0.3, -0.25) is 0 Å². The summed E-state index contributed by atoms with van der Waals surface area (Å²) in [7, 11) is 0. The van der Waals surface area contributed by atoms with Gasteiger partial charge in [0.05, 0.1) is 34.2 Å². The Labute approximate surface area is 251 Å². The maximum atomic E-state index is 10.3. The molecule has 9 rings (SSSR count). The highest BCUT2D eigenvalue weighted by molar-refractivity contribution is 6.13. The summed E-state index contributed by atoms with van der Waals surface area (Å²) in [4.78, 5) is 3.67. The number of hydrogen-bond donors (Lipinski definition) is 0. The molecule has 5 heteroatoms. The van der Waals surface area contributed by atoms with Gasteiger partial charge in [0.2, 0.25) is 0 Å². The second kappa shape index (κ2) is 8.85. The average molecular weight is 563 g/mol. The molecule has 3 heterocycles. The minimum absolute atomic E-state index is 0.497. The minimum Gasteiger partial charge on any atom is -0.455 e. The first-order valence-corrected chi connectivity index (χ1v) is 14.4. The first-order chi connectivity index (χ1) is 21.6. The fraction of sp³-hybridized carbons (Fsp3) is 0.0256. The highest BCUT2D eigenvalue weighted by atomic mass is 16.3. The summed E-state index contributed by atoms with van der Waals surface area (Å²) in [5.41, 5.74) is 9.82. The summed E-state index contributed by atoms with van der Waals surface area (Å²) in [6, 6.07) is 41.8. The van der Waals surface area contributed by atoms with Crippen LogP contribution in [0.5, 0.6) is 0 Å². The van der Waals surface area contributed by atoms with Crippen LogP contribution in [0.1, 0.15) is 11.1 Å². The Hall–Kier alpha value is -6.30. The molecule has 0 spiro atoms. The molecular formula is C39H22N4O. The Bertz CT molecular complexity index is 2760. The van der Waals surface area contributed by atoms with E-state index in [4.69, 9.17) is 11.0 Å². The first-order valence-electron chi connectivity index (χ1n) is 14.4. The van der Waals surface area contributed by atoms with Gasteiger partial charge in [-0.05, 0) is 79.0 Å². The molecule has 6 aromatic carbocycles. The van der Waals surface area contributed by atoms with Crippen molar-refractivity contribution in [3.63, 3.8) is 0 Å². The quantitative estimate of drug-likeness (QED) is 0.197. The number of hydrogen-bond acceptors (Lipinski definition) is 2. The standard InChI is InChI=1S/C39H22N4O/c1-23-11-14-36-30(17-23)28-7-3-6-10-35(28)43(36)27-18-24(22-40)39-33(21-27)32-20-26(13-16-38(32)44-39)42-34-9-5-4-8-29(34)31-19-25(41-2)12-15-37(31)42/h3-21H,1H3. The third-order valence-electron chi connectivity index (χ3n) is 8.79. The first kappa shape index (κ1) is 24.3. The number of rotatable bonds is 2. The summed E-state index contributed by atoms with van der Waals surface area (Å²) in [6.07, 6.45) is 0. The number of aryl methyl sites for hydroxylation is 1. The van der Waals surface area contributed by atoms with Crippen molar-refractivity contribution in [3.05, 3.63) is 138 Å². The molecule has 204 valence electrons. The van der Waals surface area contributed by atoms with Crippen LogP contribution >= 0.6 is 0 Å². The Morgan fingerprint density at radius 1 is 0.614 bits per heavy atom. The molecule has 0 unspecified atom stereocenters. The van der Waals surface area contributed by atoms with Crippen LogP contribution in [0, 0.1) is 24.8 Å². The molecule has 5 nitrogen and oxygen atoms in total. The van der Waals surface area contributed by atoms with Gasteiger partial charge in [0, 0.05) is 38.3 Å². The second-order valence-electron chi connectivity index (χ2n) is 11.3. The highest BCUT2D eigenvalue weighted by Gasteiger charge is 2.19. The van der Waals surface area contributed by atoms with Crippen molar-refractivity contribution < 1.29 is 4.42 Å². The number of nitrogens with zero attached hydrogens (tertiary/aromatic N) is 4. The Morgan fingerprint density at radius 3 is 1.98 bits per heavy atom. The normalized spacial score (nSPS) is 11.7. The molecule has 0 saturated carbocycles. The third kappa shape index (κ3) is 3.27. The zero-order valence-corrected chi connectivity index (χ0v) is 23.7. The zero-order chi connectivity index (χ0) is 29.5. The third-order valence-corrected chi connectivity index (χ3v) is 8.79. The van der Waals surface area contributed by atoms with Crippen molar-refractivity contribution in [2.45, 2.75) is 6.92 Å². The van der Waals surface area contributed by atoms with Gasteiger partial charge in [-0.15, -0.1) is 0 Å². The lowest BCUT2D eigenvalue weighted by Crippen LogP contribution is -1.95. The predicted molar refractivity (Wildman–Crippen MR) is 178 cm³/mol. The van der Waals surface area contributed by atoms with Gasteiger partial charge in [0.15, 0.2) is 11.3 Å². The molecule has 0 N–H and O–H groups in total. The summed E-state index contributed by atoms with van der Waals surface area (Å²) >= 11 is 0. The molecule has 0 fully saturated rings. The van der Waals surface area contributed by atoms with Gasteiger partial charge >= 0.3 is 0 Å². The molecule has 44 heavy (non-hydrogen) atoms. The van der Waals surface area contributed by atoms with E-state index in [-0.39, 0.29) is 0 Å². The van der Waals surface area contributed by atoms with Gasteiger partial charge in [-0.2, -0.15) is 5.26 Å². The molecule has 3 aromatic heterocycles. The predicted octanol–water partition coefficient (Wildman–Crippen LogP) is 10.5. The van der Waals surface area contributed by atoms with Crippen molar-refractivity contribution in [2.75, 3.05) is 0 Å². The van der Waals surface area contributed by atoms with E-state index in [0.717, 1.165) is 60.6 Å². The van der Waals surface area contributed by atoms with Gasteiger partial charge in [0.25, 0.3) is 0 Å². The molecule has 0 bridgehead atoms. The average Bonchev–Trinajstić information content (AvgIpc) is 3.71. The van der Waals surface area contributed by atoms with E-state index in [1.165, 1.54) is 16.3 Å². The number of aromatic nitrogens is 2. The van der Waals surface area contributed by atoms with E-state index in [2.05, 4.69) is 99.8 Å². The minimum atomic E-state index is 0.497. The SMILES string of the molecule is [C-]#[N+]c1ccc2c(c1)c1ccccc1n2-c1ccc2oc3c(C#N)cc(-n4c5ccccc5c5cc(C)ccc54)cc3c2c1. The number of nitriles is 1. The van der Waals surface area contributed by atoms with Crippen LogP contribution in [0.3, 0.4) is 0 Å². The summed E-state index contributed by atoms with van der Waals surface area (Å²) in [5.74, 6) is 0. The number of para-hydroxylation sites is 2. The van der Waals surface area contributed by atoms with Gasteiger partial charge in [-0.25, -0.2) is 4.85 Å². The van der Waals surface area contributed by atoms with Crippen LogP contribution in [-0.2, 0) is 0 Å². The summed E-state index contributed by atoms with van der Waals surface area (Å²) < 4.78 is 10.8. The number of fused-ring (bicyclic) bond motifs is 9. The van der Waals surface area contributed by atoms with E-state index < -0.39 is 0 Å². The summed E-state index contributed by atoms with van der Waals surface area (Å²) in [5, 5.41) is 16.6. The Morgan fingerprint density at radius 2 is 1.25 bits per heavy atom. The van der Waals surface area contributed by atoms with Crippen molar-refractivity contribution >= 4 is 71.2 Å². The number of furan rings is 1. The fourth-order valence-electron chi connectivity index (χ4n) is 6.88. The lowest BCUT2D eigenvalue weighted by atomic mass is 10.1. The van der Waals surface area contributed by atoms with E-state index in [1.807, 2.05) is 42.5 Å². The summed E-state index contributed by atoms with van der Waals surface area (Å²) in [6.45, 7) is 9.64. The Balaban J connectivity index is 1.35.